The Hall–Kier alpha value is -0.730. The lowest BCUT2D eigenvalue weighted by Gasteiger charge is -2.09. The molecule has 1 rings (SSSR count). The maximum absolute atomic E-state index is 5.87. The van der Waals surface area contributed by atoms with Crippen LogP contribution in [0.25, 0.3) is 0 Å². The number of rotatable bonds is 3. The molecular weight excluding hydrogens is 166 g/mol. The average molecular weight is 179 g/mol. The molecule has 0 radical (unpaired) electrons. The summed E-state index contributed by atoms with van der Waals surface area (Å²) in [6, 6.07) is 7.94. The second kappa shape index (κ2) is 4.33. The van der Waals surface area contributed by atoms with E-state index in [9.17, 15) is 0 Å². The third-order valence-corrected chi connectivity index (χ3v) is 2.00. The highest BCUT2D eigenvalue weighted by molar-refractivity contribution is 7.80. The van der Waals surface area contributed by atoms with Crippen molar-refractivity contribution in [1.29, 1.82) is 0 Å². The SMILES string of the molecule is C=CC[C@@H](N)c1cccc(S)c1. The van der Waals surface area contributed by atoms with Crippen LogP contribution in [0.3, 0.4) is 0 Å². The Morgan fingerprint density at radius 2 is 2.33 bits per heavy atom. The van der Waals surface area contributed by atoms with Crippen LogP contribution in [0.1, 0.15) is 18.0 Å². The summed E-state index contributed by atoms with van der Waals surface area (Å²) in [7, 11) is 0. The smallest absolute Gasteiger partial charge is 0.0330 e. The molecule has 64 valence electrons. The highest BCUT2D eigenvalue weighted by Crippen LogP contribution is 2.17. The minimum Gasteiger partial charge on any atom is -0.324 e. The summed E-state index contributed by atoms with van der Waals surface area (Å²) >= 11 is 4.24. The van der Waals surface area contributed by atoms with Crippen LogP contribution in [0, 0.1) is 0 Å². The van der Waals surface area contributed by atoms with Gasteiger partial charge < -0.3 is 5.73 Å². The zero-order chi connectivity index (χ0) is 8.97. The fraction of sp³-hybridized carbons (Fsp3) is 0.200. The van der Waals surface area contributed by atoms with Gasteiger partial charge in [0.1, 0.15) is 0 Å². The first kappa shape index (κ1) is 9.36. The third-order valence-electron chi connectivity index (χ3n) is 1.72. The van der Waals surface area contributed by atoms with E-state index in [0.29, 0.717) is 0 Å². The number of nitrogens with two attached hydrogens (primary N) is 1. The lowest BCUT2D eigenvalue weighted by Crippen LogP contribution is -2.08. The first-order chi connectivity index (χ1) is 5.74. The van der Waals surface area contributed by atoms with Crippen molar-refractivity contribution >= 4 is 12.6 Å². The summed E-state index contributed by atoms with van der Waals surface area (Å²) < 4.78 is 0. The Labute approximate surface area is 78.7 Å². The first-order valence-electron chi connectivity index (χ1n) is 3.89. The van der Waals surface area contributed by atoms with Gasteiger partial charge in [-0.15, -0.1) is 19.2 Å². The van der Waals surface area contributed by atoms with Crippen molar-refractivity contribution < 1.29 is 0 Å². The van der Waals surface area contributed by atoms with Gasteiger partial charge >= 0.3 is 0 Å². The lowest BCUT2D eigenvalue weighted by atomic mass is 10.1. The van der Waals surface area contributed by atoms with Crippen molar-refractivity contribution in [3.05, 3.63) is 42.5 Å². The molecule has 0 aliphatic carbocycles. The van der Waals surface area contributed by atoms with Crippen molar-refractivity contribution in [3.63, 3.8) is 0 Å². The van der Waals surface area contributed by atoms with Crippen LogP contribution in [0.5, 0.6) is 0 Å². The van der Waals surface area contributed by atoms with Gasteiger partial charge in [-0.1, -0.05) is 18.2 Å². The molecule has 2 heteroatoms. The lowest BCUT2D eigenvalue weighted by molar-refractivity contribution is 0.739. The maximum Gasteiger partial charge on any atom is 0.0330 e. The Kier molecular flexibility index (Phi) is 3.38. The molecular formula is C10H13NS. The van der Waals surface area contributed by atoms with E-state index in [4.69, 9.17) is 5.73 Å². The van der Waals surface area contributed by atoms with Gasteiger partial charge in [0.05, 0.1) is 0 Å². The van der Waals surface area contributed by atoms with Crippen LogP contribution in [0.4, 0.5) is 0 Å². The number of benzene rings is 1. The Bertz CT molecular complexity index is 270. The van der Waals surface area contributed by atoms with E-state index in [1.165, 1.54) is 0 Å². The first-order valence-corrected chi connectivity index (χ1v) is 4.34. The van der Waals surface area contributed by atoms with Gasteiger partial charge in [0.15, 0.2) is 0 Å². The van der Waals surface area contributed by atoms with Gasteiger partial charge in [-0.2, -0.15) is 0 Å². The van der Waals surface area contributed by atoms with Crippen LogP contribution in [0.2, 0.25) is 0 Å². The number of hydrogen-bond donors (Lipinski definition) is 2. The predicted molar refractivity (Wildman–Crippen MR) is 55.4 cm³/mol. The van der Waals surface area contributed by atoms with Crippen molar-refractivity contribution in [2.45, 2.75) is 17.4 Å². The molecule has 2 N–H and O–H groups in total. The quantitative estimate of drug-likeness (QED) is 0.541. The van der Waals surface area contributed by atoms with Gasteiger partial charge in [-0.3, -0.25) is 0 Å². The Morgan fingerprint density at radius 3 is 2.92 bits per heavy atom. The van der Waals surface area contributed by atoms with E-state index in [-0.39, 0.29) is 6.04 Å². The summed E-state index contributed by atoms with van der Waals surface area (Å²) in [6.45, 7) is 3.65. The molecule has 0 saturated carbocycles. The molecule has 1 aromatic carbocycles. The third kappa shape index (κ3) is 2.40. The summed E-state index contributed by atoms with van der Waals surface area (Å²) in [5, 5.41) is 0. The molecule has 0 aromatic heterocycles. The average Bonchev–Trinajstić information content (AvgIpc) is 2.05. The highest BCUT2D eigenvalue weighted by Gasteiger charge is 2.02. The van der Waals surface area contributed by atoms with Crippen LogP contribution in [0.15, 0.2) is 41.8 Å². The molecule has 12 heavy (non-hydrogen) atoms. The fourth-order valence-corrected chi connectivity index (χ4v) is 1.31. The zero-order valence-corrected chi connectivity index (χ0v) is 7.80. The molecule has 1 atom stereocenters. The van der Waals surface area contributed by atoms with E-state index < -0.39 is 0 Å². The number of hydrogen-bond acceptors (Lipinski definition) is 2. The maximum atomic E-state index is 5.87. The van der Waals surface area contributed by atoms with E-state index in [1.54, 1.807) is 0 Å². The molecule has 0 spiro atoms. The van der Waals surface area contributed by atoms with E-state index >= 15 is 0 Å². The van der Waals surface area contributed by atoms with Crippen LogP contribution < -0.4 is 5.73 Å². The Morgan fingerprint density at radius 1 is 1.58 bits per heavy atom. The Balaban J connectivity index is 2.80. The normalized spacial score (nSPS) is 12.5. The molecule has 1 aromatic rings. The largest absolute Gasteiger partial charge is 0.324 e. The van der Waals surface area contributed by atoms with Gasteiger partial charge in [-0.05, 0) is 24.1 Å². The zero-order valence-electron chi connectivity index (χ0n) is 6.90. The van der Waals surface area contributed by atoms with Crippen molar-refractivity contribution in [3.8, 4) is 0 Å². The van der Waals surface area contributed by atoms with E-state index in [1.807, 2.05) is 30.3 Å². The summed E-state index contributed by atoms with van der Waals surface area (Å²) in [5.41, 5.74) is 6.98. The van der Waals surface area contributed by atoms with Gasteiger partial charge in [0.2, 0.25) is 0 Å². The second-order valence-corrected chi connectivity index (χ2v) is 3.24. The van der Waals surface area contributed by atoms with Crippen LogP contribution >= 0.6 is 12.6 Å². The summed E-state index contributed by atoms with van der Waals surface area (Å²) in [6.07, 6.45) is 2.63. The minimum absolute atomic E-state index is 0.0506. The molecule has 0 aliphatic heterocycles. The van der Waals surface area contributed by atoms with Crippen LogP contribution in [-0.2, 0) is 0 Å². The fourth-order valence-electron chi connectivity index (χ4n) is 1.07. The van der Waals surface area contributed by atoms with Crippen LogP contribution in [-0.4, -0.2) is 0 Å². The van der Waals surface area contributed by atoms with Crippen molar-refractivity contribution in [2.24, 2.45) is 5.73 Å². The molecule has 0 fully saturated rings. The molecule has 0 amide bonds. The van der Waals surface area contributed by atoms with E-state index in [2.05, 4.69) is 19.2 Å². The van der Waals surface area contributed by atoms with Crippen molar-refractivity contribution in [1.82, 2.24) is 0 Å². The van der Waals surface area contributed by atoms with Gasteiger partial charge in [0, 0.05) is 10.9 Å². The standard InChI is InChI=1S/C10H13NS/c1-2-4-10(11)8-5-3-6-9(12)7-8/h2-3,5-7,10,12H,1,4,11H2/t10-/m1/s1. The van der Waals surface area contributed by atoms with Crippen molar-refractivity contribution in [2.75, 3.05) is 0 Å². The summed E-state index contributed by atoms with van der Waals surface area (Å²) in [5.74, 6) is 0. The molecule has 0 saturated heterocycles. The number of thiol groups is 1. The predicted octanol–water partition coefficient (Wildman–Crippen LogP) is 2.55. The van der Waals surface area contributed by atoms with Gasteiger partial charge in [0.25, 0.3) is 0 Å². The second-order valence-electron chi connectivity index (χ2n) is 2.73. The minimum atomic E-state index is 0.0506. The highest BCUT2D eigenvalue weighted by atomic mass is 32.1. The molecule has 0 aliphatic rings. The monoisotopic (exact) mass is 179 g/mol. The molecule has 0 unspecified atom stereocenters. The topological polar surface area (TPSA) is 26.0 Å². The van der Waals surface area contributed by atoms with E-state index in [0.717, 1.165) is 16.9 Å². The molecule has 0 bridgehead atoms. The molecule has 1 nitrogen and oxygen atoms in total. The summed E-state index contributed by atoms with van der Waals surface area (Å²) in [4.78, 5) is 0.951. The molecule has 0 heterocycles. The van der Waals surface area contributed by atoms with Gasteiger partial charge in [-0.25, -0.2) is 0 Å².